The third-order valence-corrected chi connectivity index (χ3v) is 14.6. The first-order valence-corrected chi connectivity index (χ1v) is 24.4. The fourth-order valence-corrected chi connectivity index (χ4v) is 11.1. The summed E-state index contributed by atoms with van der Waals surface area (Å²) in [5, 5.41) is 15.2. The van der Waals surface area contributed by atoms with Crippen molar-refractivity contribution >= 4 is 40.7 Å². The van der Waals surface area contributed by atoms with Crippen LogP contribution >= 0.6 is 23.2 Å². The molecule has 2 aromatic heterocycles. The third-order valence-electron chi connectivity index (χ3n) is 13.9. The van der Waals surface area contributed by atoms with Crippen LogP contribution in [0.1, 0.15) is 95.3 Å². The number of halogens is 6. The van der Waals surface area contributed by atoms with Crippen molar-refractivity contribution in [3.63, 3.8) is 0 Å². The zero-order valence-corrected chi connectivity index (χ0v) is 40.5. The van der Waals surface area contributed by atoms with Crippen molar-refractivity contribution in [3.8, 4) is 39.6 Å². The largest absolute Gasteiger partial charge is 0.480 e. The number of rotatable bonds is 13. The molecule has 374 valence electrons. The summed E-state index contributed by atoms with van der Waals surface area (Å²) in [4.78, 5) is 54.8. The van der Waals surface area contributed by atoms with Gasteiger partial charge in [0.1, 0.15) is 23.1 Å². The van der Waals surface area contributed by atoms with Gasteiger partial charge in [-0.2, -0.15) is 0 Å². The Morgan fingerprint density at radius 1 is 0.722 bits per heavy atom. The van der Waals surface area contributed by atoms with Gasteiger partial charge in [0.15, 0.2) is 41.0 Å². The number of hydrogen-bond donors (Lipinski definition) is 4. The Labute approximate surface area is 421 Å². The van der Waals surface area contributed by atoms with Crippen LogP contribution in [0.25, 0.3) is 22.3 Å². The van der Waals surface area contributed by atoms with Crippen molar-refractivity contribution in [2.75, 3.05) is 19.7 Å². The monoisotopic (exact) mass is 1030 g/mol. The summed E-state index contributed by atoms with van der Waals surface area (Å²) >= 11 is 12.9. The van der Waals surface area contributed by atoms with E-state index in [1.54, 1.807) is 13.8 Å². The fourth-order valence-electron chi connectivity index (χ4n) is 10.6. The molecule has 12 nitrogen and oxygen atoms in total. The number of benzene rings is 4. The Bertz CT molecular complexity index is 3170. The predicted molar refractivity (Wildman–Crippen MR) is 261 cm³/mol. The maximum absolute atomic E-state index is 16.0. The van der Waals surface area contributed by atoms with Gasteiger partial charge in [0.05, 0.1) is 22.1 Å². The minimum absolute atomic E-state index is 0.00660. The van der Waals surface area contributed by atoms with E-state index in [0.717, 1.165) is 56.1 Å². The molecule has 2 saturated heterocycles. The van der Waals surface area contributed by atoms with Crippen LogP contribution in [-0.2, 0) is 28.8 Å². The van der Waals surface area contributed by atoms with Crippen LogP contribution in [-0.4, -0.2) is 64.4 Å². The van der Waals surface area contributed by atoms with Gasteiger partial charge in [0, 0.05) is 94.7 Å². The number of carboxylic acids is 1. The lowest BCUT2D eigenvalue weighted by Gasteiger charge is -2.35. The Morgan fingerprint density at radius 2 is 1.19 bits per heavy atom. The average molecular weight is 1030 g/mol. The normalized spacial score (nSPS) is 20.7. The number of H-pyrrole nitrogens is 1. The first-order valence-electron chi connectivity index (χ1n) is 23.6. The summed E-state index contributed by atoms with van der Waals surface area (Å²) in [5.41, 5.74) is -0.928. The smallest absolute Gasteiger partial charge is 0.341 e. The number of aromatic amines is 1. The van der Waals surface area contributed by atoms with E-state index >= 15 is 17.6 Å². The van der Waals surface area contributed by atoms with E-state index in [-0.39, 0.29) is 92.7 Å². The van der Waals surface area contributed by atoms with Crippen LogP contribution in [0.3, 0.4) is 0 Å². The molecule has 4 N–H and O–H groups in total. The second-order valence-corrected chi connectivity index (χ2v) is 18.8. The number of aliphatic carboxylic acids is 1. The van der Waals surface area contributed by atoms with Gasteiger partial charge in [-0.25, -0.2) is 27.3 Å². The van der Waals surface area contributed by atoms with Gasteiger partial charge in [0.25, 0.3) is 11.4 Å². The van der Waals surface area contributed by atoms with E-state index in [4.69, 9.17) is 42.5 Å². The zero-order chi connectivity index (χ0) is 51.1. The van der Waals surface area contributed by atoms with Crippen LogP contribution in [0.4, 0.5) is 17.6 Å². The number of carbonyl (C=O) groups excluding carboxylic acids is 2. The molecule has 0 unspecified atom stereocenters. The van der Waals surface area contributed by atoms with Crippen LogP contribution in [0, 0.1) is 23.3 Å². The highest BCUT2D eigenvalue weighted by Crippen LogP contribution is 2.54. The first kappa shape index (κ1) is 50.4. The van der Waals surface area contributed by atoms with Crippen molar-refractivity contribution in [1.82, 2.24) is 20.6 Å². The summed E-state index contributed by atoms with van der Waals surface area (Å²) in [6.07, 6.45) is 6.40. The molecular formula is C54H48Cl2F4N4O8. The summed E-state index contributed by atoms with van der Waals surface area (Å²) in [5.74, 6) is -6.33. The SMILES string of the molecule is CCC(=O)c1c[nH]c(=O)c(F)c1-c1c(Cl)c(F)cc2c1C[C@](c1ccccc1)([C@@H]1CCCN1)O2.CCC(=O)c1cnc(OCC(=O)O)c(F)c1-c1c(Cl)c(F)cc2c1C[C@](c1ccccc1)([C@@H]1CCCN1)O2. The van der Waals surface area contributed by atoms with Gasteiger partial charge >= 0.3 is 5.97 Å². The highest BCUT2D eigenvalue weighted by molar-refractivity contribution is 6.34. The molecule has 4 aliphatic rings. The lowest BCUT2D eigenvalue weighted by molar-refractivity contribution is -0.139. The van der Waals surface area contributed by atoms with Crippen molar-refractivity contribution in [1.29, 1.82) is 0 Å². The molecule has 0 amide bonds. The predicted octanol–water partition coefficient (Wildman–Crippen LogP) is 10.5. The van der Waals surface area contributed by atoms with Crippen LogP contribution in [0.2, 0.25) is 10.0 Å². The molecule has 6 heterocycles. The second kappa shape index (κ2) is 20.5. The van der Waals surface area contributed by atoms with Crippen LogP contribution in [0.15, 0.2) is 90.0 Å². The molecule has 4 aromatic carbocycles. The van der Waals surface area contributed by atoms with Gasteiger partial charge < -0.3 is 34.9 Å². The van der Waals surface area contributed by atoms with Gasteiger partial charge in [-0.05, 0) is 49.9 Å². The molecule has 4 aliphatic heterocycles. The number of ketones is 2. The van der Waals surface area contributed by atoms with E-state index < -0.39 is 70.1 Å². The molecule has 0 saturated carbocycles. The Morgan fingerprint density at radius 3 is 1.64 bits per heavy atom. The summed E-state index contributed by atoms with van der Waals surface area (Å²) in [7, 11) is 0. The topological polar surface area (TPSA) is 169 Å². The molecule has 18 heteroatoms. The maximum Gasteiger partial charge on any atom is 0.341 e. The Hall–Kier alpha value is -6.59. The number of carboxylic acid groups (broad SMARTS) is 1. The van der Waals surface area contributed by atoms with Crippen molar-refractivity contribution in [2.24, 2.45) is 0 Å². The molecular weight excluding hydrogens is 980 g/mol. The summed E-state index contributed by atoms with van der Waals surface area (Å²) < 4.78 is 79.8. The highest BCUT2D eigenvalue weighted by Gasteiger charge is 2.52. The van der Waals surface area contributed by atoms with Crippen molar-refractivity contribution < 1.29 is 51.3 Å². The first-order chi connectivity index (χ1) is 34.6. The zero-order valence-electron chi connectivity index (χ0n) is 39.0. The summed E-state index contributed by atoms with van der Waals surface area (Å²) in [6.45, 7) is 3.99. The van der Waals surface area contributed by atoms with E-state index in [1.165, 1.54) is 18.3 Å². The van der Waals surface area contributed by atoms with Gasteiger partial charge in [-0.3, -0.25) is 14.4 Å². The average Bonchev–Trinajstić information content (AvgIpc) is 4.24. The molecule has 4 atom stereocenters. The second-order valence-electron chi connectivity index (χ2n) is 18.0. The summed E-state index contributed by atoms with van der Waals surface area (Å²) in [6, 6.07) is 21.3. The van der Waals surface area contributed by atoms with Crippen molar-refractivity contribution in [3.05, 3.63) is 162 Å². The minimum Gasteiger partial charge on any atom is -0.480 e. The number of nitrogens with one attached hydrogen (secondary N) is 3. The molecule has 2 fully saturated rings. The lowest BCUT2D eigenvalue weighted by atomic mass is 9.80. The van der Waals surface area contributed by atoms with Gasteiger partial charge in [-0.15, -0.1) is 0 Å². The number of hydrogen-bond acceptors (Lipinski definition) is 10. The van der Waals surface area contributed by atoms with E-state index in [2.05, 4.69) is 20.6 Å². The standard InChI is InChI=1S/C28H25ClF2N2O5.C26H23ClF2N2O3/c1-2-19(34)17-13-33-27(37-14-22(35)36)26(31)24(17)23-16-12-28(21-9-6-10-32-21,15-7-4-3-5-8-15)38-20(16)11-18(30)25(23)29;1-2-18(32)16-13-31-25(33)24(29)22(16)21-15-12-26(20-9-6-10-30-20,14-7-4-3-5-8-14)34-19(15)11-17(28)23(21)27/h3-5,7-8,11,13,21,32H,2,6,9-10,12,14H2,1H3,(H,35,36);3-5,7-8,11,13,20,30H,2,6,9-10,12H2,1H3,(H,31,33)/t21-,28-;20-,26-/m00/s1. The Balaban J connectivity index is 0.000000179. The third kappa shape index (κ3) is 8.92. The number of fused-ring (bicyclic) bond motifs is 2. The maximum atomic E-state index is 16.0. The Kier molecular flexibility index (Phi) is 14.3. The number of pyridine rings is 2. The number of carbonyl (C=O) groups is 3. The molecule has 0 radical (unpaired) electrons. The molecule has 0 aliphatic carbocycles. The highest BCUT2D eigenvalue weighted by atomic mass is 35.5. The fraction of sp³-hybridized carbons (Fsp3) is 0.315. The van der Waals surface area contributed by atoms with Crippen LogP contribution < -0.4 is 30.4 Å². The van der Waals surface area contributed by atoms with Gasteiger partial charge in [-0.1, -0.05) is 97.7 Å². The van der Waals surface area contributed by atoms with Crippen molar-refractivity contribution in [2.45, 2.75) is 88.5 Å². The number of Topliss-reactive ketones (excluding diaryl/α,β-unsaturated/α-hetero) is 2. The van der Waals surface area contributed by atoms with Crippen LogP contribution in [0.5, 0.6) is 17.4 Å². The number of aromatic nitrogens is 2. The molecule has 0 bridgehead atoms. The van der Waals surface area contributed by atoms with E-state index in [0.29, 0.717) is 11.1 Å². The van der Waals surface area contributed by atoms with Gasteiger partial charge in [0.2, 0.25) is 0 Å². The quantitative estimate of drug-likeness (QED) is 0.0642. The molecule has 10 rings (SSSR count). The van der Waals surface area contributed by atoms with E-state index in [1.807, 2.05) is 60.7 Å². The number of nitrogens with zero attached hydrogens (tertiary/aromatic N) is 1. The molecule has 0 spiro atoms. The molecule has 6 aromatic rings. The molecule has 72 heavy (non-hydrogen) atoms. The number of ether oxygens (including phenoxy) is 3. The minimum atomic E-state index is -1.34. The van der Waals surface area contributed by atoms with E-state index in [9.17, 15) is 19.2 Å². The lowest BCUT2D eigenvalue weighted by Crippen LogP contribution is -2.48.